The number of carbonyl (C=O) groups is 1. The van der Waals surface area contributed by atoms with Crippen LogP contribution in [-0.4, -0.2) is 24.0 Å². The zero-order valence-corrected chi connectivity index (χ0v) is 11.4. The number of hydrogen-bond donors (Lipinski definition) is 1. The second-order valence-corrected chi connectivity index (χ2v) is 4.91. The Kier molecular flexibility index (Phi) is 4.55. The fourth-order valence-electron chi connectivity index (χ4n) is 2.05. The molecule has 1 fully saturated rings. The van der Waals surface area contributed by atoms with E-state index in [1.54, 1.807) is 0 Å². The van der Waals surface area contributed by atoms with E-state index in [4.69, 9.17) is 4.74 Å². The highest BCUT2D eigenvalue weighted by atomic mass is 16.6. The van der Waals surface area contributed by atoms with Gasteiger partial charge in [0.05, 0.1) is 11.5 Å². The molecule has 1 aromatic carbocycles. The number of rotatable bonds is 6. The topological polar surface area (TPSA) is 81.5 Å². The molecule has 0 radical (unpaired) electrons. The SMILES string of the molecule is CCNC(=O)c1ccc([N+](=O)[O-])c(OCC2CCC2)c1. The molecule has 0 heterocycles. The molecule has 0 aliphatic heterocycles. The van der Waals surface area contributed by atoms with Crippen molar-refractivity contribution in [2.75, 3.05) is 13.2 Å². The summed E-state index contributed by atoms with van der Waals surface area (Å²) in [4.78, 5) is 22.2. The molecular formula is C14H18N2O4. The molecule has 6 heteroatoms. The van der Waals surface area contributed by atoms with Crippen molar-refractivity contribution in [2.24, 2.45) is 5.92 Å². The van der Waals surface area contributed by atoms with Gasteiger partial charge in [0.15, 0.2) is 5.75 Å². The largest absolute Gasteiger partial charge is 0.487 e. The molecular weight excluding hydrogens is 260 g/mol. The van der Waals surface area contributed by atoms with Crippen LogP contribution < -0.4 is 10.1 Å². The molecule has 1 saturated carbocycles. The van der Waals surface area contributed by atoms with Gasteiger partial charge in [-0.15, -0.1) is 0 Å². The van der Waals surface area contributed by atoms with Crippen LogP contribution in [0, 0.1) is 16.0 Å². The van der Waals surface area contributed by atoms with Gasteiger partial charge in [0.2, 0.25) is 0 Å². The van der Waals surface area contributed by atoms with Crippen molar-refractivity contribution in [1.82, 2.24) is 5.32 Å². The van der Waals surface area contributed by atoms with Crippen LogP contribution in [-0.2, 0) is 0 Å². The van der Waals surface area contributed by atoms with Gasteiger partial charge in [0.25, 0.3) is 5.91 Å². The van der Waals surface area contributed by atoms with Crippen molar-refractivity contribution < 1.29 is 14.5 Å². The number of carbonyl (C=O) groups excluding carboxylic acids is 1. The molecule has 0 bridgehead atoms. The molecule has 2 rings (SSSR count). The highest BCUT2D eigenvalue weighted by molar-refractivity contribution is 5.95. The molecule has 0 saturated heterocycles. The van der Waals surface area contributed by atoms with E-state index in [0.29, 0.717) is 24.6 Å². The predicted octanol–water partition coefficient (Wildman–Crippen LogP) is 2.52. The van der Waals surface area contributed by atoms with E-state index >= 15 is 0 Å². The van der Waals surface area contributed by atoms with Crippen LogP contribution in [0.3, 0.4) is 0 Å². The van der Waals surface area contributed by atoms with Crippen LogP contribution in [0.25, 0.3) is 0 Å². The number of nitro benzene ring substituents is 1. The number of benzene rings is 1. The van der Waals surface area contributed by atoms with Crippen LogP contribution in [0.4, 0.5) is 5.69 Å². The molecule has 0 aromatic heterocycles. The summed E-state index contributed by atoms with van der Waals surface area (Å²) in [7, 11) is 0. The summed E-state index contributed by atoms with van der Waals surface area (Å²) >= 11 is 0. The average molecular weight is 278 g/mol. The molecule has 1 aromatic rings. The van der Waals surface area contributed by atoms with Gasteiger partial charge in [-0.2, -0.15) is 0 Å². The Morgan fingerprint density at radius 2 is 2.25 bits per heavy atom. The van der Waals surface area contributed by atoms with Crippen molar-refractivity contribution in [3.8, 4) is 5.75 Å². The first kappa shape index (κ1) is 14.3. The van der Waals surface area contributed by atoms with E-state index in [1.165, 1.54) is 24.6 Å². The Bertz CT molecular complexity index is 512. The maximum atomic E-state index is 11.7. The number of nitro groups is 1. The van der Waals surface area contributed by atoms with Gasteiger partial charge in [-0.05, 0) is 31.7 Å². The van der Waals surface area contributed by atoms with Gasteiger partial charge in [-0.3, -0.25) is 14.9 Å². The smallest absolute Gasteiger partial charge is 0.310 e. The first-order valence-electron chi connectivity index (χ1n) is 6.81. The molecule has 1 aliphatic carbocycles. The minimum Gasteiger partial charge on any atom is -0.487 e. The number of hydrogen-bond acceptors (Lipinski definition) is 4. The summed E-state index contributed by atoms with van der Waals surface area (Å²) in [5, 5.41) is 13.6. The maximum absolute atomic E-state index is 11.7. The summed E-state index contributed by atoms with van der Waals surface area (Å²) in [5.74, 6) is 0.393. The number of nitrogens with one attached hydrogen (secondary N) is 1. The number of ether oxygens (including phenoxy) is 1. The van der Waals surface area contributed by atoms with Gasteiger partial charge < -0.3 is 10.1 Å². The average Bonchev–Trinajstić information content (AvgIpc) is 2.36. The summed E-state index contributed by atoms with van der Waals surface area (Å²) < 4.78 is 5.55. The minimum atomic E-state index is -0.488. The quantitative estimate of drug-likeness (QED) is 0.640. The zero-order valence-electron chi connectivity index (χ0n) is 11.4. The van der Waals surface area contributed by atoms with Crippen molar-refractivity contribution in [3.63, 3.8) is 0 Å². The van der Waals surface area contributed by atoms with Crippen LogP contribution in [0.5, 0.6) is 5.75 Å². The first-order valence-corrected chi connectivity index (χ1v) is 6.81. The van der Waals surface area contributed by atoms with E-state index in [2.05, 4.69) is 5.32 Å². The molecule has 20 heavy (non-hydrogen) atoms. The van der Waals surface area contributed by atoms with Crippen LogP contribution in [0.15, 0.2) is 18.2 Å². The summed E-state index contributed by atoms with van der Waals surface area (Å²) in [6.45, 7) is 2.80. The third-order valence-corrected chi connectivity index (χ3v) is 3.46. The lowest BCUT2D eigenvalue weighted by Crippen LogP contribution is -2.23. The Morgan fingerprint density at radius 1 is 1.50 bits per heavy atom. The van der Waals surface area contributed by atoms with Crippen LogP contribution >= 0.6 is 0 Å². The lowest BCUT2D eigenvalue weighted by molar-refractivity contribution is -0.385. The predicted molar refractivity (Wildman–Crippen MR) is 73.9 cm³/mol. The Labute approximate surface area is 117 Å². The van der Waals surface area contributed by atoms with E-state index in [-0.39, 0.29) is 17.3 Å². The second-order valence-electron chi connectivity index (χ2n) is 4.91. The van der Waals surface area contributed by atoms with E-state index in [0.717, 1.165) is 12.8 Å². The summed E-state index contributed by atoms with van der Waals surface area (Å²) in [5.41, 5.74) is 0.276. The van der Waals surface area contributed by atoms with Gasteiger partial charge in [-0.1, -0.05) is 6.42 Å². The lowest BCUT2D eigenvalue weighted by Gasteiger charge is -2.25. The molecule has 108 valence electrons. The third kappa shape index (κ3) is 3.26. The monoisotopic (exact) mass is 278 g/mol. The highest BCUT2D eigenvalue weighted by Gasteiger charge is 2.22. The third-order valence-electron chi connectivity index (χ3n) is 3.46. The van der Waals surface area contributed by atoms with Crippen LogP contribution in [0.1, 0.15) is 36.5 Å². The van der Waals surface area contributed by atoms with Crippen molar-refractivity contribution >= 4 is 11.6 Å². The number of nitrogens with zero attached hydrogens (tertiary/aromatic N) is 1. The molecule has 0 spiro atoms. The molecule has 1 aliphatic rings. The lowest BCUT2D eigenvalue weighted by atomic mass is 9.86. The minimum absolute atomic E-state index is 0.0997. The first-order chi connectivity index (χ1) is 9.61. The highest BCUT2D eigenvalue weighted by Crippen LogP contribution is 2.31. The molecule has 6 nitrogen and oxygen atoms in total. The van der Waals surface area contributed by atoms with Crippen molar-refractivity contribution in [1.29, 1.82) is 0 Å². The molecule has 1 N–H and O–H groups in total. The molecule has 1 amide bonds. The maximum Gasteiger partial charge on any atom is 0.310 e. The Balaban J connectivity index is 2.16. The number of amides is 1. The van der Waals surface area contributed by atoms with Gasteiger partial charge in [0.1, 0.15) is 0 Å². The molecule has 0 atom stereocenters. The van der Waals surface area contributed by atoms with Crippen LogP contribution in [0.2, 0.25) is 0 Å². The van der Waals surface area contributed by atoms with Gasteiger partial charge in [-0.25, -0.2) is 0 Å². The van der Waals surface area contributed by atoms with E-state index < -0.39 is 4.92 Å². The van der Waals surface area contributed by atoms with Crippen molar-refractivity contribution in [2.45, 2.75) is 26.2 Å². The van der Waals surface area contributed by atoms with Gasteiger partial charge >= 0.3 is 5.69 Å². The zero-order chi connectivity index (χ0) is 14.5. The normalized spacial score (nSPS) is 14.4. The van der Waals surface area contributed by atoms with E-state index in [9.17, 15) is 14.9 Å². The fraction of sp³-hybridized carbons (Fsp3) is 0.500. The summed E-state index contributed by atoms with van der Waals surface area (Å²) in [6.07, 6.45) is 3.39. The van der Waals surface area contributed by atoms with E-state index in [1.807, 2.05) is 6.92 Å². The standard InChI is InChI=1S/C14H18N2O4/c1-2-15-14(17)11-6-7-12(16(18)19)13(8-11)20-9-10-4-3-5-10/h6-8,10H,2-5,9H2,1H3,(H,15,17). The summed E-state index contributed by atoms with van der Waals surface area (Å²) in [6, 6.07) is 4.21. The van der Waals surface area contributed by atoms with Crippen molar-refractivity contribution in [3.05, 3.63) is 33.9 Å². The molecule has 0 unspecified atom stereocenters. The fourth-order valence-corrected chi connectivity index (χ4v) is 2.05. The Morgan fingerprint density at radius 3 is 2.80 bits per heavy atom. The second kappa shape index (κ2) is 6.36. The Hall–Kier alpha value is -2.11. The van der Waals surface area contributed by atoms with Gasteiger partial charge in [0, 0.05) is 24.2 Å².